The molecule has 0 atom stereocenters. The third-order valence-electron chi connectivity index (χ3n) is 7.51. The van der Waals surface area contributed by atoms with Crippen LogP contribution in [0.5, 0.6) is 0 Å². The number of amides is 1. The van der Waals surface area contributed by atoms with Crippen molar-refractivity contribution in [1.82, 2.24) is 20.0 Å². The highest BCUT2D eigenvalue weighted by Gasteiger charge is 2.30. The number of piperidine rings is 2. The van der Waals surface area contributed by atoms with E-state index in [4.69, 9.17) is 0 Å². The molecular weight excluding hydrogens is 452 g/mol. The summed E-state index contributed by atoms with van der Waals surface area (Å²) in [5, 5.41) is 9.74. The van der Waals surface area contributed by atoms with Crippen molar-refractivity contribution in [2.45, 2.75) is 62.1 Å². The van der Waals surface area contributed by atoms with Crippen LogP contribution in [0.15, 0.2) is 59.6 Å². The Morgan fingerprint density at radius 3 is 2.40 bits per heavy atom. The number of carbonyl (C=O) groups excluding carboxylic acids is 1. The van der Waals surface area contributed by atoms with Crippen LogP contribution >= 0.6 is 11.8 Å². The largest absolute Gasteiger partial charge is 0.338 e. The predicted octanol–water partition coefficient (Wildman–Crippen LogP) is 5.69. The zero-order valence-corrected chi connectivity index (χ0v) is 21.7. The van der Waals surface area contributed by atoms with E-state index < -0.39 is 0 Å². The van der Waals surface area contributed by atoms with Gasteiger partial charge in [-0.15, -0.1) is 11.8 Å². The monoisotopic (exact) mass is 488 g/mol. The van der Waals surface area contributed by atoms with Crippen LogP contribution in [0.1, 0.15) is 55.5 Å². The Balaban J connectivity index is 1.10. The molecule has 0 spiro atoms. The Morgan fingerprint density at radius 2 is 1.69 bits per heavy atom. The van der Waals surface area contributed by atoms with E-state index in [0.717, 1.165) is 42.8 Å². The molecule has 0 radical (unpaired) electrons. The summed E-state index contributed by atoms with van der Waals surface area (Å²) in [5.74, 6) is 0.870. The van der Waals surface area contributed by atoms with Crippen molar-refractivity contribution >= 4 is 28.6 Å². The molecule has 184 valence electrons. The minimum atomic E-state index is 0.0890. The van der Waals surface area contributed by atoms with E-state index >= 15 is 0 Å². The van der Waals surface area contributed by atoms with Gasteiger partial charge in [-0.25, -0.2) is 0 Å². The summed E-state index contributed by atoms with van der Waals surface area (Å²) in [6.45, 7) is 8.50. The summed E-state index contributed by atoms with van der Waals surface area (Å²) < 4.78 is 0. The first-order chi connectivity index (χ1) is 17.1. The lowest BCUT2D eigenvalue weighted by Crippen LogP contribution is -2.49. The maximum Gasteiger partial charge on any atom is 0.256 e. The van der Waals surface area contributed by atoms with E-state index in [1.165, 1.54) is 42.8 Å². The molecule has 0 saturated carbocycles. The Morgan fingerprint density at radius 1 is 0.971 bits per heavy atom. The zero-order valence-electron chi connectivity index (χ0n) is 20.9. The standard InChI is InChI=1S/C29H36N4OS/c1-21(2)35-25-9-7-22(8-10-25)19-23-11-15-32(16-12-23)24-13-17-33(18-14-24)29(34)27-20-30-31-28-6-4-3-5-26(27)28/h3-10,20-21,23-24H,11-19H2,1-2H3. The smallest absolute Gasteiger partial charge is 0.256 e. The van der Waals surface area contributed by atoms with Crippen LogP contribution in [0.2, 0.25) is 0 Å². The highest BCUT2D eigenvalue weighted by molar-refractivity contribution is 7.99. The van der Waals surface area contributed by atoms with Gasteiger partial charge in [0.2, 0.25) is 0 Å². The first kappa shape index (κ1) is 24.3. The Kier molecular flexibility index (Phi) is 7.69. The number of likely N-dealkylation sites (tertiary alicyclic amines) is 2. The number of rotatable bonds is 6. The maximum atomic E-state index is 13.2. The second-order valence-electron chi connectivity index (χ2n) is 10.3. The number of hydrogen-bond acceptors (Lipinski definition) is 5. The van der Waals surface area contributed by atoms with E-state index in [-0.39, 0.29) is 5.91 Å². The Bertz CT molecular complexity index is 1130. The van der Waals surface area contributed by atoms with E-state index in [0.29, 0.717) is 16.9 Å². The van der Waals surface area contributed by atoms with Gasteiger partial charge < -0.3 is 9.80 Å². The fourth-order valence-electron chi connectivity index (χ4n) is 5.61. The quantitative estimate of drug-likeness (QED) is 0.417. The second-order valence-corrected chi connectivity index (χ2v) is 11.9. The molecule has 1 amide bonds. The minimum absolute atomic E-state index is 0.0890. The van der Waals surface area contributed by atoms with Gasteiger partial charge in [0.15, 0.2) is 0 Å². The van der Waals surface area contributed by atoms with Gasteiger partial charge in [-0.05, 0) is 74.9 Å². The summed E-state index contributed by atoms with van der Waals surface area (Å²) in [5.41, 5.74) is 2.92. The van der Waals surface area contributed by atoms with Gasteiger partial charge in [-0.1, -0.05) is 44.2 Å². The molecule has 1 aromatic heterocycles. The van der Waals surface area contributed by atoms with Crippen LogP contribution in [0.4, 0.5) is 0 Å². The number of aromatic nitrogens is 2. The van der Waals surface area contributed by atoms with Crippen molar-refractivity contribution in [3.63, 3.8) is 0 Å². The van der Waals surface area contributed by atoms with Gasteiger partial charge in [0, 0.05) is 34.7 Å². The number of benzene rings is 2. The fraction of sp³-hybridized carbons (Fsp3) is 0.483. The van der Waals surface area contributed by atoms with E-state index in [1.807, 2.05) is 40.9 Å². The molecule has 0 unspecified atom stereocenters. The van der Waals surface area contributed by atoms with Crippen molar-refractivity contribution in [3.05, 3.63) is 65.9 Å². The van der Waals surface area contributed by atoms with Crippen LogP contribution in [-0.4, -0.2) is 63.4 Å². The van der Waals surface area contributed by atoms with Crippen LogP contribution in [0, 0.1) is 5.92 Å². The van der Waals surface area contributed by atoms with Gasteiger partial charge >= 0.3 is 0 Å². The molecule has 6 heteroatoms. The van der Waals surface area contributed by atoms with E-state index in [9.17, 15) is 4.79 Å². The Labute approximate surface area is 213 Å². The lowest BCUT2D eigenvalue weighted by Gasteiger charge is -2.42. The molecule has 2 aromatic carbocycles. The first-order valence-electron chi connectivity index (χ1n) is 13.1. The molecule has 2 aliphatic heterocycles. The molecule has 5 rings (SSSR count). The highest BCUT2D eigenvalue weighted by atomic mass is 32.2. The lowest BCUT2D eigenvalue weighted by molar-refractivity contribution is 0.0553. The minimum Gasteiger partial charge on any atom is -0.338 e. The number of thioether (sulfide) groups is 1. The molecular formula is C29H36N4OS. The lowest BCUT2D eigenvalue weighted by atomic mass is 9.88. The Hall–Kier alpha value is -2.44. The number of nitrogens with zero attached hydrogens (tertiary/aromatic N) is 4. The molecule has 3 aromatic rings. The first-order valence-corrected chi connectivity index (χ1v) is 13.9. The van der Waals surface area contributed by atoms with Crippen LogP contribution in [-0.2, 0) is 6.42 Å². The van der Waals surface area contributed by atoms with Crippen LogP contribution in [0.25, 0.3) is 10.9 Å². The van der Waals surface area contributed by atoms with E-state index in [1.54, 1.807) is 6.20 Å². The average Bonchev–Trinajstić information content (AvgIpc) is 2.89. The fourth-order valence-corrected chi connectivity index (χ4v) is 6.45. The summed E-state index contributed by atoms with van der Waals surface area (Å²) in [6, 6.07) is 17.6. The van der Waals surface area contributed by atoms with Gasteiger partial charge in [0.1, 0.15) is 0 Å². The topological polar surface area (TPSA) is 49.3 Å². The molecule has 0 aliphatic carbocycles. The highest BCUT2D eigenvalue weighted by Crippen LogP contribution is 2.28. The third kappa shape index (κ3) is 5.87. The molecule has 0 N–H and O–H groups in total. The number of fused-ring (bicyclic) bond motifs is 1. The van der Waals surface area contributed by atoms with Crippen molar-refractivity contribution < 1.29 is 4.79 Å². The van der Waals surface area contributed by atoms with Gasteiger partial charge in [-0.3, -0.25) is 4.79 Å². The van der Waals surface area contributed by atoms with Crippen molar-refractivity contribution in [2.75, 3.05) is 26.2 Å². The van der Waals surface area contributed by atoms with Crippen LogP contribution < -0.4 is 0 Å². The summed E-state index contributed by atoms with van der Waals surface area (Å²) in [7, 11) is 0. The zero-order chi connectivity index (χ0) is 24.2. The van der Waals surface area contributed by atoms with Gasteiger partial charge in [0.25, 0.3) is 5.91 Å². The summed E-state index contributed by atoms with van der Waals surface area (Å²) >= 11 is 1.93. The molecule has 5 nitrogen and oxygen atoms in total. The maximum absolute atomic E-state index is 13.2. The molecule has 0 bridgehead atoms. The third-order valence-corrected chi connectivity index (χ3v) is 8.53. The molecule has 2 fully saturated rings. The van der Waals surface area contributed by atoms with Gasteiger partial charge in [-0.2, -0.15) is 10.2 Å². The van der Waals surface area contributed by atoms with Crippen molar-refractivity contribution in [2.24, 2.45) is 5.92 Å². The normalized spacial score (nSPS) is 18.4. The van der Waals surface area contributed by atoms with Crippen molar-refractivity contribution in [3.8, 4) is 0 Å². The van der Waals surface area contributed by atoms with Crippen LogP contribution in [0.3, 0.4) is 0 Å². The summed E-state index contributed by atoms with van der Waals surface area (Å²) in [4.78, 5) is 19.3. The molecule has 35 heavy (non-hydrogen) atoms. The van der Waals surface area contributed by atoms with E-state index in [2.05, 4.69) is 53.2 Å². The number of hydrogen-bond donors (Lipinski definition) is 0. The molecule has 2 saturated heterocycles. The molecule has 2 aliphatic rings. The predicted molar refractivity (Wildman–Crippen MR) is 144 cm³/mol. The number of carbonyl (C=O) groups is 1. The van der Waals surface area contributed by atoms with Gasteiger partial charge in [0.05, 0.1) is 17.3 Å². The van der Waals surface area contributed by atoms with Crippen molar-refractivity contribution in [1.29, 1.82) is 0 Å². The summed E-state index contributed by atoms with van der Waals surface area (Å²) in [6.07, 6.45) is 7.48. The molecule has 3 heterocycles. The second kappa shape index (κ2) is 11.1. The SMILES string of the molecule is CC(C)Sc1ccc(CC2CCN(C3CCN(C(=O)c4cnnc5ccccc45)CC3)CC2)cc1. The average molecular weight is 489 g/mol.